The highest BCUT2D eigenvalue weighted by molar-refractivity contribution is 9.10. The van der Waals surface area contributed by atoms with Crippen molar-refractivity contribution in [2.24, 2.45) is 0 Å². The van der Waals surface area contributed by atoms with Crippen LogP contribution in [0, 0.1) is 5.82 Å². The Morgan fingerprint density at radius 3 is 2.71 bits per heavy atom. The lowest BCUT2D eigenvalue weighted by Crippen LogP contribution is -2.17. The molecule has 0 spiro atoms. The minimum absolute atomic E-state index is 0.176. The summed E-state index contributed by atoms with van der Waals surface area (Å²) in [5.74, 6) is -0.176. The van der Waals surface area contributed by atoms with Crippen molar-refractivity contribution < 1.29 is 4.39 Å². The fourth-order valence-corrected chi connectivity index (χ4v) is 1.80. The Morgan fingerprint density at radius 1 is 1.29 bits per heavy atom. The van der Waals surface area contributed by atoms with Crippen LogP contribution in [-0.2, 0) is 6.42 Å². The second kappa shape index (κ2) is 6.14. The van der Waals surface area contributed by atoms with E-state index < -0.39 is 0 Å². The molecule has 0 saturated heterocycles. The number of hydrogen-bond donors (Lipinski definition) is 1. The van der Waals surface area contributed by atoms with Crippen molar-refractivity contribution in [2.45, 2.75) is 19.8 Å². The summed E-state index contributed by atoms with van der Waals surface area (Å²) in [7, 11) is 0. The molecule has 0 aliphatic carbocycles. The van der Waals surface area contributed by atoms with Crippen LogP contribution in [0.25, 0.3) is 0 Å². The van der Waals surface area contributed by atoms with Gasteiger partial charge < -0.3 is 5.32 Å². The molecule has 3 heteroatoms. The van der Waals surface area contributed by atoms with Crippen molar-refractivity contribution in [2.75, 3.05) is 13.1 Å². The van der Waals surface area contributed by atoms with Gasteiger partial charge in [0.15, 0.2) is 0 Å². The standard InChI is InChI=1S/C11H15BrFN/c1-2-4-14-5-3-9-6-10(12)8-11(13)7-9/h6-8,14H,2-5H2,1H3. The number of nitrogens with one attached hydrogen (secondary N) is 1. The molecular formula is C11H15BrFN. The van der Waals surface area contributed by atoms with Crippen LogP contribution in [0.5, 0.6) is 0 Å². The van der Waals surface area contributed by atoms with Crippen molar-refractivity contribution >= 4 is 15.9 Å². The highest BCUT2D eigenvalue weighted by Gasteiger charge is 1.98. The summed E-state index contributed by atoms with van der Waals surface area (Å²) in [6.07, 6.45) is 2.00. The van der Waals surface area contributed by atoms with E-state index in [1.165, 1.54) is 6.07 Å². The van der Waals surface area contributed by atoms with E-state index in [0.717, 1.165) is 36.0 Å². The zero-order chi connectivity index (χ0) is 10.4. The van der Waals surface area contributed by atoms with E-state index in [0.29, 0.717) is 0 Å². The normalized spacial score (nSPS) is 10.5. The SMILES string of the molecule is CCCNCCc1cc(F)cc(Br)c1. The second-order valence-electron chi connectivity index (χ2n) is 3.28. The van der Waals surface area contributed by atoms with Gasteiger partial charge in [-0.2, -0.15) is 0 Å². The average Bonchev–Trinajstić information content (AvgIpc) is 2.11. The summed E-state index contributed by atoms with van der Waals surface area (Å²) in [6.45, 7) is 4.06. The Balaban J connectivity index is 2.42. The van der Waals surface area contributed by atoms with Crippen LogP contribution in [0.4, 0.5) is 4.39 Å². The van der Waals surface area contributed by atoms with Crippen LogP contribution in [0.15, 0.2) is 22.7 Å². The Bertz CT molecular complexity index is 268. The molecule has 0 saturated carbocycles. The number of benzene rings is 1. The number of halogens is 2. The Hall–Kier alpha value is -0.410. The van der Waals surface area contributed by atoms with E-state index in [2.05, 4.69) is 28.2 Å². The molecule has 14 heavy (non-hydrogen) atoms. The van der Waals surface area contributed by atoms with E-state index in [9.17, 15) is 4.39 Å². The number of hydrogen-bond acceptors (Lipinski definition) is 1. The molecule has 0 aliphatic heterocycles. The lowest BCUT2D eigenvalue weighted by molar-refractivity contribution is 0.621. The summed E-state index contributed by atoms with van der Waals surface area (Å²) >= 11 is 3.28. The third kappa shape index (κ3) is 4.20. The molecule has 1 nitrogen and oxygen atoms in total. The zero-order valence-electron chi connectivity index (χ0n) is 8.32. The molecule has 0 bridgehead atoms. The van der Waals surface area contributed by atoms with Crippen molar-refractivity contribution in [1.82, 2.24) is 5.32 Å². The van der Waals surface area contributed by atoms with Gasteiger partial charge in [-0.15, -0.1) is 0 Å². The average molecular weight is 260 g/mol. The summed E-state index contributed by atoms with van der Waals surface area (Å²) in [5.41, 5.74) is 1.03. The first-order valence-corrected chi connectivity index (χ1v) is 5.67. The summed E-state index contributed by atoms with van der Waals surface area (Å²) < 4.78 is 13.8. The fourth-order valence-electron chi connectivity index (χ4n) is 1.29. The number of rotatable bonds is 5. The largest absolute Gasteiger partial charge is 0.316 e. The molecule has 0 aromatic heterocycles. The molecule has 1 aromatic rings. The maximum atomic E-state index is 13.0. The van der Waals surface area contributed by atoms with Crippen LogP contribution in [0.1, 0.15) is 18.9 Å². The van der Waals surface area contributed by atoms with Gasteiger partial charge in [-0.3, -0.25) is 0 Å². The third-order valence-electron chi connectivity index (χ3n) is 1.94. The van der Waals surface area contributed by atoms with Gasteiger partial charge in [0.25, 0.3) is 0 Å². The van der Waals surface area contributed by atoms with Crippen molar-refractivity contribution in [3.63, 3.8) is 0 Å². The van der Waals surface area contributed by atoms with E-state index in [4.69, 9.17) is 0 Å². The first-order chi connectivity index (χ1) is 6.72. The highest BCUT2D eigenvalue weighted by Crippen LogP contribution is 2.14. The molecule has 0 aliphatic rings. The molecule has 0 atom stereocenters. The van der Waals surface area contributed by atoms with Gasteiger partial charge in [-0.05, 0) is 49.7 Å². The monoisotopic (exact) mass is 259 g/mol. The van der Waals surface area contributed by atoms with E-state index in [-0.39, 0.29) is 5.82 Å². The minimum atomic E-state index is -0.176. The lowest BCUT2D eigenvalue weighted by Gasteiger charge is -2.04. The van der Waals surface area contributed by atoms with Gasteiger partial charge >= 0.3 is 0 Å². The van der Waals surface area contributed by atoms with Gasteiger partial charge in [0, 0.05) is 4.47 Å². The fraction of sp³-hybridized carbons (Fsp3) is 0.455. The van der Waals surface area contributed by atoms with Crippen LogP contribution < -0.4 is 5.32 Å². The van der Waals surface area contributed by atoms with Crippen molar-refractivity contribution in [3.8, 4) is 0 Å². The first kappa shape index (κ1) is 11.7. The van der Waals surface area contributed by atoms with Gasteiger partial charge in [-0.25, -0.2) is 4.39 Å². The maximum absolute atomic E-state index is 13.0. The summed E-state index contributed by atoms with van der Waals surface area (Å²) in [5, 5.41) is 3.28. The topological polar surface area (TPSA) is 12.0 Å². The Morgan fingerprint density at radius 2 is 2.07 bits per heavy atom. The lowest BCUT2D eigenvalue weighted by atomic mass is 10.1. The predicted octanol–water partition coefficient (Wildman–Crippen LogP) is 3.13. The smallest absolute Gasteiger partial charge is 0.124 e. The van der Waals surface area contributed by atoms with E-state index in [1.807, 2.05) is 6.07 Å². The van der Waals surface area contributed by atoms with Crippen molar-refractivity contribution in [1.29, 1.82) is 0 Å². The first-order valence-electron chi connectivity index (χ1n) is 4.88. The predicted molar refractivity (Wildman–Crippen MR) is 61.0 cm³/mol. The molecule has 78 valence electrons. The van der Waals surface area contributed by atoms with Gasteiger partial charge in [0.05, 0.1) is 0 Å². The second-order valence-corrected chi connectivity index (χ2v) is 4.19. The van der Waals surface area contributed by atoms with Gasteiger partial charge in [0.1, 0.15) is 5.82 Å². The minimum Gasteiger partial charge on any atom is -0.316 e. The van der Waals surface area contributed by atoms with E-state index >= 15 is 0 Å². The Labute approximate surface area is 92.8 Å². The summed E-state index contributed by atoms with van der Waals surface area (Å²) in [6, 6.07) is 5.01. The molecule has 1 rings (SSSR count). The molecule has 0 unspecified atom stereocenters. The molecule has 0 radical (unpaired) electrons. The quantitative estimate of drug-likeness (QED) is 0.802. The molecular weight excluding hydrogens is 245 g/mol. The maximum Gasteiger partial charge on any atom is 0.124 e. The van der Waals surface area contributed by atoms with Crippen LogP contribution in [-0.4, -0.2) is 13.1 Å². The van der Waals surface area contributed by atoms with Crippen molar-refractivity contribution in [3.05, 3.63) is 34.1 Å². The van der Waals surface area contributed by atoms with Crippen LogP contribution in [0.3, 0.4) is 0 Å². The molecule has 1 aromatic carbocycles. The third-order valence-corrected chi connectivity index (χ3v) is 2.40. The van der Waals surface area contributed by atoms with Crippen LogP contribution in [0.2, 0.25) is 0 Å². The molecule has 0 fully saturated rings. The molecule has 0 heterocycles. The van der Waals surface area contributed by atoms with Crippen LogP contribution >= 0.6 is 15.9 Å². The summed E-state index contributed by atoms with van der Waals surface area (Å²) in [4.78, 5) is 0. The van der Waals surface area contributed by atoms with Gasteiger partial charge in [-0.1, -0.05) is 22.9 Å². The zero-order valence-corrected chi connectivity index (χ0v) is 9.90. The molecule has 0 amide bonds. The molecule has 1 N–H and O–H groups in total. The van der Waals surface area contributed by atoms with E-state index in [1.54, 1.807) is 6.07 Å². The highest BCUT2D eigenvalue weighted by atomic mass is 79.9. The Kier molecular flexibility index (Phi) is 5.12. The van der Waals surface area contributed by atoms with Gasteiger partial charge in [0.2, 0.25) is 0 Å².